The van der Waals surface area contributed by atoms with Crippen LogP contribution in [0.4, 0.5) is 0 Å². The van der Waals surface area contributed by atoms with E-state index in [4.69, 9.17) is 0 Å². The molecule has 0 aromatic heterocycles. The Labute approximate surface area is 98.4 Å². The first-order valence-corrected chi connectivity index (χ1v) is 6.33. The zero-order valence-electron chi connectivity index (χ0n) is 9.43. The highest BCUT2D eigenvalue weighted by molar-refractivity contribution is 7.86. The lowest BCUT2D eigenvalue weighted by Crippen LogP contribution is -2.55. The molecule has 0 radical (unpaired) electrons. The Morgan fingerprint density at radius 2 is 2.13 bits per heavy atom. The number of nitrogens with one attached hydrogen (secondary N) is 1. The summed E-state index contributed by atoms with van der Waals surface area (Å²) in [7, 11) is -1.62. The van der Waals surface area contributed by atoms with Gasteiger partial charge in [-0.3, -0.25) is 0 Å². The molecule has 1 aliphatic heterocycles. The molecule has 0 saturated carbocycles. The Balaban J connectivity index is 0.00000196. The van der Waals surface area contributed by atoms with E-state index in [0.717, 1.165) is 13.1 Å². The van der Waals surface area contributed by atoms with Gasteiger partial charge in [0.1, 0.15) is 0 Å². The van der Waals surface area contributed by atoms with Gasteiger partial charge in [-0.2, -0.15) is 17.0 Å². The standard InChI is InChI=1S/C8H19N3O2S.ClH/c1-4-10(3)14(12,13)11-6-5-9-7-8(11)2;/h8-9H,4-7H2,1-3H3;1H. The normalized spacial score (nSPS) is 23.9. The summed E-state index contributed by atoms with van der Waals surface area (Å²) < 4.78 is 26.8. The van der Waals surface area contributed by atoms with Crippen LogP contribution in [0.1, 0.15) is 13.8 Å². The Morgan fingerprint density at radius 3 is 2.60 bits per heavy atom. The van der Waals surface area contributed by atoms with Gasteiger partial charge in [-0.1, -0.05) is 6.92 Å². The second-order valence-corrected chi connectivity index (χ2v) is 5.57. The van der Waals surface area contributed by atoms with Crippen LogP contribution < -0.4 is 5.32 Å². The highest BCUT2D eigenvalue weighted by Gasteiger charge is 2.31. The van der Waals surface area contributed by atoms with Crippen LogP contribution in [-0.2, 0) is 10.2 Å². The lowest BCUT2D eigenvalue weighted by Gasteiger charge is -2.35. The molecule has 0 aromatic carbocycles. The molecule has 1 N–H and O–H groups in total. The number of rotatable bonds is 3. The summed E-state index contributed by atoms with van der Waals surface area (Å²) in [4.78, 5) is 0. The van der Waals surface area contributed by atoms with Crippen LogP contribution in [0.15, 0.2) is 0 Å². The molecule has 15 heavy (non-hydrogen) atoms. The van der Waals surface area contributed by atoms with Crippen molar-refractivity contribution in [1.29, 1.82) is 0 Å². The predicted octanol–water partition coefficient (Wildman–Crippen LogP) is -0.102. The molecule has 1 atom stereocenters. The summed E-state index contributed by atoms with van der Waals surface area (Å²) in [5, 5.41) is 3.17. The summed E-state index contributed by atoms with van der Waals surface area (Å²) in [6, 6.07) is 0.0442. The molecule has 0 bridgehead atoms. The van der Waals surface area contributed by atoms with Crippen LogP contribution in [-0.4, -0.2) is 56.3 Å². The van der Waals surface area contributed by atoms with Gasteiger partial charge in [0.05, 0.1) is 0 Å². The van der Waals surface area contributed by atoms with Crippen LogP contribution in [0.2, 0.25) is 0 Å². The lowest BCUT2D eigenvalue weighted by molar-refractivity contribution is 0.265. The van der Waals surface area contributed by atoms with Crippen molar-refractivity contribution < 1.29 is 8.42 Å². The minimum Gasteiger partial charge on any atom is -0.314 e. The Kier molecular flexibility index (Phi) is 6.05. The maximum atomic E-state index is 12.0. The molecule has 1 fully saturated rings. The highest BCUT2D eigenvalue weighted by Crippen LogP contribution is 2.12. The maximum absolute atomic E-state index is 12.0. The molecular weight excluding hydrogens is 238 g/mol. The van der Waals surface area contributed by atoms with E-state index in [1.165, 1.54) is 4.31 Å². The average molecular weight is 258 g/mol. The molecule has 1 heterocycles. The SMILES string of the molecule is CCN(C)S(=O)(=O)N1CCNCC1C.Cl. The Hall–Kier alpha value is 0.120. The minimum absolute atomic E-state index is 0. The summed E-state index contributed by atoms with van der Waals surface area (Å²) in [5.74, 6) is 0. The molecule has 1 rings (SSSR count). The molecule has 1 saturated heterocycles. The van der Waals surface area contributed by atoms with Gasteiger partial charge in [-0.15, -0.1) is 12.4 Å². The minimum atomic E-state index is -3.23. The van der Waals surface area contributed by atoms with Gasteiger partial charge in [0.25, 0.3) is 10.2 Å². The highest BCUT2D eigenvalue weighted by atomic mass is 35.5. The third kappa shape index (κ3) is 3.29. The second-order valence-electron chi connectivity index (χ2n) is 3.59. The molecule has 0 amide bonds. The van der Waals surface area contributed by atoms with Gasteiger partial charge in [-0.25, -0.2) is 0 Å². The van der Waals surface area contributed by atoms with Crippen LogP contribution in [0.25, 0.3) is 0 Å². The quantitative estimate of drug-likeness (QED) is 0.768. The molecular formula is C8H20ClN3O2S. The summed E-state index contributed by atoms with van der Waals surface area (Å²) in [6.07, 6.45) is 0. The topological polar surface area (TPSA) is 52.7 Å². The van der Waals surface area contributed by atoms with Crippen molar-refractivity contribution in [3.05, 3.63) is 0 Å². The molecule has 1 aliphatic rings. The van der Waals surface area contributed by atoms with Crippen LogP contribution in [0.5, 0.6) is 0 Å². The lowest BCUT2D eigenvalue weighted by atomic mass is 10.3. The predicted molar refractivity (Wildman–Crippen MR) is 63.5 cm³/mol. The van der Waals surface area contributed by atoms with Crippen LogP contribution in [0.3, 0.4) is 0 Å². The maximum Gasteiger partial charge on any atom is 0.282 e. The first-order chi connectivity index (χ1) is 6.50. The van der Waals surface area contributed by atoms with Crippen molar-refractivity contribution in [3.8, 4) is 0 Å². The number of nitrogens with zero attached hydrogens (tertiary/aromatic N) is 2. The molecule has 0 aromatic rings. The molecule has 92 valence electrons. The van der Waals surface area contributed by atoms with Crippen molar-refractivity contribution in [2.75, 3.05) is 33.2 Å². The van der Waals surface area contributed by atoms with Crippen molar-refractivity contribution in [3.63, 3.8) is 0 Å². The number of hydrogen-bond donors (Lipinski definition) is 1. The third-order valence-corrected chi connectivity index (χ3v) is 4.76. The molecule has 7 heteroatoms. The van der Waals surface area contributed by atoms with Gasteiger partial charge in [0.15, 0.2) is 0 Å². The summed E-state index contributed by atoms with van der Waals surface area (Å²) in [6.45, 7) is 6.31. The zero-order valence-corrected chi connectivity index (χ0v) is 11.1. The van der Waals surface area contributed by atoms with Gasteiger partial charge in [0, 0.05) is 39.3 Å². The fourth-order valence-electron chi connectivity index (χ4n) is 1.51. The summed E-state index contributed by atoms with van der Waals surface area (Å²) >= 11 is 0. The van der Waals surface area contributed by atoms with Gasteiger partial charge < -0.3 is 5.32 Å². The number of piperazine rings is 1. The van der Waals surface area contributed by atoms with E-state index < -0.39 is 10.2 Å². The molecule has 1 unspecified atom stereocenters. The zero-order chi connectivity index (χ0) is 10.8. The fourth-order valence-corrected chi connectivity index (χ4v) is 3.04. The van der Waals surface area contributed by atoms with Crippen molar-refractivity contribution >= 4 is 22.6 Å². The van der Waals surface area contributed by atoms with E-state index in [-0.39, 0.29) is 18.4 Å². The van der Waals surface area contributed by atoms with E-state index in [0.29, 0.717) is 13.1 Å². The smallest absolute Gasteiger partial charge is 0.282 e. The molecule has 5 nitrogen and oxygen atoms in total. The van der Waals surface area contributed by atoms with E-state index in [1.54, 1.807) is 11.4 Å². The Bertz CT molecular complexity index is 284. The second kappa shape index (κ2) is 6.00. The monoisotopic (exact) mass is 257 g/mol. The van der Waals surface area contributed by atoms with Crippen molar-refractivity contribution in [2.45, 2.75) is 19.9 Å². The van der Waals surface area contributed by atoms with E-state index in [9.17, 15) is 8.42 Å². The summed E-state index contributed by atoms with van der Waals surface area (Å²) in [5.41, 5.74) is 0. The van der Waals surface area contributed by atoms with Crippen LogP contribution >= 0.6 is 12.4 Å². The van der Waals surface area contributed by atoms with Crippen LogP contribution in [0, 0.1) is 0 Å². The van der Waals surface area contributed by atoms with E-state index >= 15 is 0 Å². The molecule has 0 aliphatic carbocycles. The van der Waals surface area contributed by atoms with Gasteiger partial charge in [-0.05, 0) is 6.92 Å². The largest absolute Gasteiger partial charge is 0.314 e. The van der Waals surface area contributed by atoms with Crippen molar-refractivity contribution in [2.24, 2.45) is 0 Å². The molecule has 0 spiro atoms. The number of halogens is 1. The number of hydrogen-bond acceptors (Lipinski definition) is 3. The first kappa shape index (κ1) is 15.1. The third-order valence-electron chi connectivity index (χ3n) is 2.58. The van der Waals surface area contributed by atoms with Gasteiger partial charge >= 0.3 is 0 Å². The fraction of sp³-hybridized carbons (Fsp3) is 1.00. The van der Waals surface area contributed by atoms with E-state index in [2.05, 4.69) is 5.32 Å². The average Bonchev–Trinajstić information content (AvgIpc) is 2.17. The van der Waals surface area contributed by atoms with Crippen molar-refractivity contribution in [1.82, 2.24) is 13.9 Å². The van der Waals surface area contributed by atoms with Gasteiger partial charge in [0.2, 0.25) is 0 Å². The van der Waals surface area contributed by atoms with E-state index in [1.807, 2.05) is 13.8 Å². The Morgan fingerprint density at radius 1 is 1.53 bits per heavy atom. The first-order valence-electron chi connectivity index (χ1n) is 4.94.